The predicted octanol–water partition coefficient (Wildman–Crippen LogP) is 2.28. The van der Waals surface area contributed by atoms with Crippen LogP contribution in [0.1, 0.15) is 22.5 Å². The van der Waals surface area contributed by atoms with Crippen molar-refractivity contribution in [2.45, 2.75) is 20.4 Å². The summed E-state index contributed by atoms with van der Waals surface area (Å²) in [7, 11) is 0. The normalized spacial score (nSPS) is 10.5. The number of halogens is 2. The first kappa shape index (κ1) is 13.0. The molecule has 0 radical (unpaired) electrons. The van der Waals surface area contributed by atoms with Crippen LogP contribution in [0.25, 0.3) is 0 Å². The summed E-state index contributed by atoms with van der Waals surface area (Å²) < 4.78 is 29.0. The molecule has 1 heterocycles. The standard InChI is InChI=1S/C13H12F2N4/c1-7-13(17)8(2)19(18-7)6-10-11(14)3-9(5-16)4-12(10)15/h3-4H,6,17H2,1-2H3. The van der Waals surface area contributed by atoms with Crippen molar-refractivity contribution < 1.29 is 8.78 Å². The summed E-state index contributed by atoms with van der Waals surface area (Å²) in [4.78, 5) is 0. The zero-order valence-electron chi connectivity index (χ0n) is 10.5. The topological polar surface area (TPSA) is 67.6 Å². The number of nitrogens with two attached hydrogens (primary N) is 1. The summed E-state index contributed by atoms with van der Waals surface area (Å²) in [5, 5.41) is 12.8. The maximum Gasteiger partial charge on any atom is 0.132 e. The molecule has 2 N–H and O–H groups in total. The van der Waals surface area contributed by atoms with Crippen molar-refractivity contribution in [2.75, 3.05) is 5.73 Å². The Balaban J connectivity index is 2.44. The summed E-state index contributed by atoms with van der Waals surface area (Å²) in [5.74, 6) is -1.52. The van der Waals surface area contributed by atoms with Gasteiger partial charge in [-0.05, 0) is 26.0 Å². The van der Waals surface area contributed by atoms with Gasteiger partial charge >= 0.3 is 0 Å². The lowest BCUT2D eigenvalue weighted by Gasteiger charge is -2.07. The number of anilines is 1. The molecule has 98 valence electrons. The van der Waals surface area contributed by atoms with Gasteiger partial charge in [0.15, 0.2) is 0 Å². The molecule has 4 nitrogen and oxygen atoms in total. The van der Waals surface area contributed by atoms with Crippen LogP contribution in [0.5, 0.6) is 0 Å². The van der Waals surface area contributed by atoms with Crippen molar-refractivity contribution >= 4 is 5.69 Å². The molecule has 0 saturated carbocycles. The Labute approximate surface area is 109 Å². The van der Waals surface area contributed by atoms with Gasteiger partial charge in [-0.25, -0.2) is 8.78 Å². The van der Waals surface area contributed by atoms with Crippen molar-refractivity contribution in [3.05, 3.63) is 46.3 Å². The van der Waals surface area contributed by atoms with E-state index in [-0.39, 0.29) is 17.7 Å². The summed E-state index contributed by atoms with van der Waals surface area (Å²) in [5.41, 5.74) is 7.36. The Morgan fingerprint density at radius 2 is 1.89 bits per heavy atom. The number of rotatable bonds is 2. The highest BCUT2D eigenvalue weighted by Gasteiger charge is 2.15. The molecule has 1 aromatic heterocycles. The minimum absolute atomic E-state index is 0.0494. The number of benzene rings is 1. The lowest BCUT2D eigenvalue weighted by molar-refractivity contribution is 0.528. The maximum atomic E-state index is 13.8. The SMILES string of the molecule is Cc1nn(Cc2c(F)cc(C#N)cc2F)c(C)c1N. The minimum Gasteiger partial charge on any atom is -0.396 e. The van der Waals surface area contributed by atoms with Gasteiger partial charge in [-0.1, -0.05) is 0 Å². The second-order valence-electron chi connectivity index (χ2n) is 4.27. The second-order valence-corrected chi connectivity index (χ2v) is 4.27. The summed E-state index contributed by atoms with van der Waals surface area (Å²) in [6, 6.07) is 3.72. The fourth-order valence-corrected chi connectivity index (χ4v) is 1.83. The van der Waals surface area contributed by atoms with E-state index in [1.807, 2.05) is 0 Å². The third kappa shape index (κ3) is 2.27. The van der Waals surface area contributed by atoms with Gasteiger partial charge in [0.05, 0.1) is 35.3 Å². The molecule has 0 amide bonds. The van der Waals surface area contributed by atoms with E-state index in [1.165, 1.54) is 4.68 Å². The molecule has 0 aliphatic heterocycles. The minimum atomic E-state index is -0.761. The highest BCUT2D eigenvalue weighted by atomic mass is 19.1. The van der Waals surface area contributed by atoms with Crippen LogP contribution >= 0.6 is 0 Å². The molecule has 0 unspecified atom stereocenters. The smallest absolute Gasteiger partial charge is 0.132 e. The molecule has 0 aliphatic carbocycles. The van der Waals surface area contributed by atoms with Gasteiger partial charge in [-0.2, -0.15) is 10.4 Å². The van der Waals surface area contributed by atoms with Crippen LogP contribution in [-0.4, -0.2) is 9.78 Å². The third-order valence-corrected chi connectivity index (χ3v) is 3.02. The molecule has 0 aliphatic rings. The molecular weight excluding hydrogens is 250 g/mol. The van der Waals surface area contributed by atoms with Gasteiger partial charge in [0, 0.05) is 5.56 Å². The van der Waals surface area contributed by atoms with Crippen LogP contribution in [0.2, 0.25) is 0 Å². The molecule has 2 aromatic rings. The number of hydrogen-bond donors (Lipinski definition) is 1. The average molecular weight is 262 g/mol. The summed E-state index contributed by atoms with van der Waals surface area (Å²) >= 11 is 0. The number of nitriles is 1. The Hall–Kier alpha value is -2.42. The van der Waals surface area contributed by atoms with Crippen LogP contribution in [0.3, 0.4) is 0 Å². The van der Waals surface area contributed by atoms with Crippen molar-refractivity contribution in [3.8, 4) is 6.07 Å². The van der Waals surface area contributed by atoms with E-state index in [9.17, 15) is 8.78 Å². The van der Waals surface area contributed by atoms with E-state index in [0.717, 1.165) is 12.1 Å². The number of aryl methyl sites for hydroxylation is 1. The second kappa shape index (κ2) is 4.69. The highest BCUT2D eigenvalue weighted by molar-refractivity contribution is 5.47. The van der Waals surface area contributed by atoms with Crippen LogP contribution in [0.15, 0.2) is 12.1 Å². The molecule has 6 heteroatoms. The Kier molecular flexibility index (Phi) is 3.21. The Bertz CT molecular complexity index is 660. The first-order chi connectivity index (χ1) is 8.93. The first-order valence-electron chi connectivity index (χ1n) is 5.61. The number of aromatic nitrogens is 2. The van der Waals surface area contributed by atoms with E-state index < -0.39 is 11.6 Å². The predicted molar refractivity (Wildman–Crippen MR) is 66.3 cm³/mol. The van der Waals surface area contributed by atoms with E-state index in [2.05, 4.69) is 5.10 Å². The third-order valence-electron chi connectivity index (χ3n) is 3.02. The number of nitrogens with zero attached hydrogens (tertiary/aromatic N) is 3. The van der Waals surface area contributed by atoms with Gasteiger partial charge in [0.25, 0.3) is 0 Å². The van der Waals surface area contributed by atoms with Crippen molar-refractivity contribution in [1.82, 2.24) is 9.78 Å². The summed E-state index contributed by atoms with van der Waals surface area (Å²) in [6.07, 6.45) is 0. The highest BCUT2D eigenvalue weighted by Crippen LogP contribution is 2.20. The molecule has 0 saturated heterocycles. The first-order valence-corrected chi connectivity index (χ1v) is 5.61. The van der Waals surface area contributed by atoms with E-state index in [1.54, 1.807) is 19.9 Å². The van der Waals surface area contributed by atoms with Crippen molar-refractivity contribution in [3.63, 3.8) is 0 Å². The van der Waals surface area contributed by atoms with Gasteiger partial charge in [-0.15, -0.1) is 0 Å². The van der Waals surface area contributed by atoms with Crippen molar-refractivity contribution in [2.24, 2.45) is 0 Å². The number of nitrogen functional groups attached to an aromatic ring is 1. The Morgan fingerprint density at radius 1 is 1.32 bits per heavy atom. The molecule has 19 heavy (non-hydrogen) atoms. The maximum absolute atomic E-state index is 13.8. The molecule has 0 fully saturated rings. The Morgan fingerprint density at radius 3 is 2.32 bits per heavy atom. The lowest BCUT2D eigenvalue weighted by Crippen LogP contribution is -2.08. The van der Waals surface area contributed by atoms with Crippen molar-refractivity contribution in [1.29, 1.82) is 5.26 Å². The van der Waals surface area contributed by atoms with E-state index >= 15 is 0 Å². The molecule has 1 aromatic carbocycles. The van der Waals surface area contributed by atoms with Crippen LogP contribution in [0.4, 0.5) is 14.5 Å². The quantitative estimate of drug-likeness (QED) is 0.902. The molecule has 0 spiro atoms. The van der Waals surface area contributed by atoms with E-state index in [4.69, 9.17) is 11.0 Å². The van der Waals surface area contributed by atoms with E-state index in [0.29, 0.717) is 17.1 Å². The van der Waals surface area contributed by atoms with Gasteiger partial charge in [0.2, 0.25) is 0 Å². The van der Waals surface area contributed by atoms with Crippen LogP contribution in [-0.2, 0) is 6.54 Å². The van der Waals surface area contributed by atoms with Gasteiger partial charge in [0.1, 0.15) is 11.6 Å². The fourth-order valence-electron chi connectivity index (χ4n) is 1.83. The van der Waals surface area contributed by atoms with Crippen LogP contribution in [0, 0.1) is 36.8 Å². The molecular formula is C13H12F2N4. The zero-order chi connectivity index (χ0) is 14.2. The molecule has 0 atom stereocenters. The number of hydrogen-bond acceptors (Lipinski definition) is 3. The van der Waals surface area contributed by atoms with Crippen LogP contribution < -0.4 is 5.73 Å². The molecule has 2 rings (SSSR count). The zero-order valence-corrected chi connectivity index (χ0v) is 10.5. The monoisotopic (exact) mass is 262 g/mol. The lowest BCUT2D eigenvalue weighted by atomic mass is 10.1. The summed E-state index contributed by atoms with van der Waals surface area (Å²) in [6.45, 7) is 3.40. The van der Waals surface area contributed by atoms with Gasteiger partial charge < -0.3 is 5.73 Å². The molecule has 0 bridgehead atoms. The fraction of sp³-hybridized carbons (Fsp3) is 0.231. The van der Waals surface area contributed by atoms with Gasteiger partial charge in [-0.3, -0.25) is 4.68 Å². The largest absolute Gasteiger partial charge is 0.396 e. The average Bonchev–Trinajstić information content (AvgIpc) is 2.61.